The maximum Gasteiger partial charge on any atom is 0.0409 e. The van der Waals surface area contributed by atoms with Crippen LogP contribution in [0.15, 0.2) is 24.3 Å². The second-order valence-corrected chi connectivity index (χ2v) is 6.48. The molecule has 1 saturated heterocycles. The van der Waals surface area contributed by atoms with E-state index in [0.717, 1.165) is 10.8 Å². The Kier molecular flexibility index (Phi) is 6.39. The fraction of sp³-hybridized carbons (Fsp3) is 0.600. The highest BCUT2D eigenvalue weighted by atomic mass is 35.5. The molecule has 0 atom stereocenters. The zero-order valence-electron chi connectivity index (χ0n) is 10.9. The van der Waals surface area contributed by atoms with Crippen LogP contribution in [0, 0.1) is 0 Å². The molecule has 0 radical (unpaired) electrons. The van der Waals surface area contributed by atoms with Gasteiger partial charge in [-0.15, -0.1) is 0 Å². The van der Waals surface area contributed by atoms with E-state index in [1.807, 2.05) is 23.9 Å². The van der Waals surface area contributed by atoms with E-state index < -0.39 is 0 Å². The van der Waals surface area contributed by atoms with E-state index in [1.165, 1.54) is 56.6 Å². The molecular formula is C15H22ClNS. The van der Waals surface area contributed by atoms with Crippen LogP contribution in [0.25, 0.3) is 0 Å². The molecule has 3 heteroatoms. The van der Waals surface area contributed by atoms with Crippen molar-refractivity contribution >= 4 is 23.4 Å². The van der Waals surface area contributed by atoms with Crippen molar-refractivity contribution in [3.8, 4) is 0 Å². The Morgan fingerprint density at radius 2 is 1.89 bits per heavy atom. The molecule has 0 N–H and O–H groups in total. The molecule has 0 amide bonds. The summed E-state index contributed by atoms with van der Waals surface area (Å²) in [5, 5.41) is 0.848. The van der Waals surface area contributed by atoms with Crippen molar-refractivity contribution in [3.63, 3.8) is 0 Å². The summed E-state index contributed by atoms with van der Waals surface area (Å²) in [6, 6.07) is 8.20. The van der Waals surface area contributed by atoms with Crippen molar-refractivity contribution in [2.24, 2.45) is 0 Å². The number of rotatable bonds is 5. The quantitative estimate of drug-likeness (QED) is 0.735. The lowest BCUT2D eigenvalue weighted by atomic mass is 10.2. The zero-order valence-corrected chi connectivity index (χ0v) is 12.5. The smallest absolute Gasteiger partial charge is 0.0409 e. The van der Waals surface area contributed by atoms with Crippen LogP contribution in [-0.2, 0) is 5.75 Å². The predicted octanol–water partition coefficient (Wildman–Crippen LogP) is 4.45. The number of thioether (sulfide) groups is 1. The van der Waals surface area contributed by atoms with Gasteiger partial charge in [-0.25, -0.2) is 0 Å². The fourth-order valence-corrected chi connectivity index (χ4v) is 3.53. The van der Waals surface area contributed by atoms with Crippen LogP contribution < -0.4 is 0 Å². The third-order valence-corrected chi connectivity index (χ3v) is 4.65. The predicted molar refractivity (Wildman–Crippen MR) is 82.5 cm³/mol. The molecule has 0 spiro atoms. The van der Waals surface area contributed by atoms with E-state index in [1.54, 1.807) is 0 Å². The standard InChI is InChI=1S/C15H22ClNS/c16-15-7-5-6-14(12-15)13-18-11-10-17-8-3-1-2-4-9-17/h5-7,12H,1-4,8-11,13H2. The van der Waals surface area contributed by atoms with Crippen LogP contribution in [0.1, 0.15) is 31.2 Å². The molecule has 0 saturated carbocycles. The molecule has 100 valence electrons. The zero-order chi connectivity index (χ0) is 12.6. The average molecular weight is 284 g/mol. The molecule has 2 rings (SSSR count). The van der Waals surface area contributed by atoms with E-state index in [9.17, 15) is 0 Å². The molecular weight excluding hydrogens is 262 g/mol. The summed E-state index contributed by atoms with van der Waals surface area (Å²) in [7, 11) is 0. The topological polar surface area (TPSA) is 3.24 Å². The van der Waals surface area contributed by atoms with Gasteiger partial charge in [0.1, 0.15) is 0 Å². The molecule has 0 unspecified atom stereocenters. The highest BCUT2D eigenvalue weighted by molar-refractivity contribution is 7.98. The largest absolute Gasteiger partial charge is 0.303 e. The summed E-state index contributed by atoms with van der Waals surface area (Å²) < 4.78 is 0. The third-order valence-electron chi connectivity index (χ3n) is 3.41. The lowest BCUT2D eigenvalue weighted by Crippen LogP contribution is -2.27. The Bertz CT molecular complexity index is 348. The number of hydrogen-bond acceptors (Lipinski definition) is 2. The average Bonchev–Trinajstić information content (AvgIpc) is 2.63. The summed E-state index contributed by atoms with van der Waals surface area (Å²) >= 11 is 8.00. The first-order valence-electron chi connectivity index (χ1n) is 6.89. The minimum absolute atomic E-state index is 0.848. The number of halogens is 1. The molecule has 1 aromatic carbocycles. The van der Waals surface area contributed by atoms with E-state index in [0.29, 0.717) is 0 Å². The van der Waals surface area contributed by atoms with Crippen molar-refractivity contribution in [2.45, 2.75) is 31.4 Å². The van der Waals surface area contributed by atoms with Crippen molar-refractivity contribution < 1.29 is 0 Å². The highest BCUT2D eigenvalue weighted by Gasteiger charge is 2.08. The minimum atomic E-state index is 0.848. The van der Waals surface area contributed by atoms with Gasteiger partial charge in [0.2, 0.25) is 0 Å². The Hall–Kier alpha value is -0.180. The van der Waals surface area contributed by atoms with Gasteiger partial charge in [-0.2, -0.15) is 11.8 Å². The van der Waals surface area contributed by atoms with Gasteiger partial charge in [-0.3, -0.25) is 0 Å². The lowest BCUT2D eigenvalue weighted by Gasteiger charge is -2.19. The Balaban J connectivity index is 1.63. The molecule has 18 heavy (non-hydrogen) atoms. The van der Waals surface area contributed by atoms with Gasteiger partial charge in [0.15, 0.2) is 0 Å². The van der Waals surface area contributed by atoms with Crippen molar-refractivity contribution in [1.82, 2.24) is 4.90 Å². The number of hydrogen-bond donors (Lipinski definition) is 0. The maximum atomic E-state index is 5.98. The molecule has 1 aromatic rings. The van der Waals surface area contributed by atoms with E-state index >= 15 is 0 Å². The first-order valence-corrected chi connectivity index (χ1v) is 8.42. The summed E-state index contributed by atoms with van der Waals surface area (Å²) in [5.41, 5.74) is 1.34. The fourth-order valence-electron chi connectivity index (χ4n) is 2.37. The molecule has 1 nitrogen and oxygen atoms in total. The molecule has 1 fully saturated rings. The molecule has 1 aliphatic rings. The van der Waals surface area contributed by atoms with Crippen LogP contribution in [0.4, 0.5) is 0 Å². The first kappa shape index (κ1) is 14.2. The van der Waals surface area contributed by atoms with Gasteiger partial charge in [-0.1, -0.05) is 36.6 Å². The van der Waals surface area contributed by atoms with Gasteiger partial charge < -0.3 is 4.90 Å². The SMILES string of the molecule is Clc1cccc(CSCCN2CCCCCC2)c1. The van der Waals surface area contributed by atoms with E-state index in [-0.39, 0.29) is 0 Å². The number of likely N-dealkylation sites (tertiary alicyclic amines) is 1. The molecule has 1 aliphatic heterocycles. The summed E-state index contributed by atoms with van der Waals surface area (Å²) in [5.74, 6) is 2.31. The van der Waals surface area contributed by atoms with Gasteiger partial charge >= 0.3 is 0 Å². The van der Waals surface area contributed by atoms with Gasteiger partial charge in [0.05, 0.1) is 0 Å². The van der Waals surface area contributed by atoms with Crippen LogP contribution in [0.5, 0.6) is 0 Å². The van der Waals surface area contributed by atoms with Gasteiger partial charge in [0.25, 0.3) is 0 Å². The normalized spacial score (nSPS) is 17.6. The highest BCUT2D eigenvalue weighted by Crippen LogP contribution is 2.17. The van der Waals surface area contributed by atoms with Crippen LogP contribution in [0.3, 0.4) is 0 Å². The van der Waals surface area contributed by atoms with Gasteiger partial charge in [0, 0.05) is 23.1 Å². The van der Waals surface area contributed by atoms with Crippen LogP contribution >= 0.6 is 23.4 Å². The Labute approximate surface area is 120 Å². The van der Waals surface area contributed by atoms with E-state index in [4.69, 9.17) is 11.6 Å². The number of nitrogens with zero attached hydrogens (tertiary/aromatic N) is 1. The molecule has 1 heterocycles. The van der Waals surface area contributed by atoms with Crippen molar-refractivity contribution in [2.75, 3.05) is 25.4 Å². The lowest BCUT2D eigenvalue weighted by molar-refractivity contribution is 0.303. The second-order valence-electron chi connectivity index (χ2n) is 4.94. The monoisotopic (exact) mass is 283 g/mol. The summed E-state index contributed by atoms with van der Waals surface area (Å²) in [6.07, 6.45) is 5.62. The maximum absolute atomic E-state index is 5.98. The minimum Gasteiger partial charge on any atom is -0.303 e. The summed E-state index contributed by atoms with van der Waals surface area (Å²) in [4.78, 5) is 2.62. The van der Waals surface area contributed by atoms with Crippen LogP contribution in [0.2, 0.25) is 5.02 Å². The molecule has 0 aromatic heterocycles. The molecule has 0 aliphatic carbocycles. The Morgan fingerprint density at radius 1 is 1.11 bits per heavy atom. The van der Waals surface area contributed by atoms with Crippen LogP contribution in [-0.4, -0.2) is 30.3 Å². The Morgan fingerprint density at radius 3 is 2.61 bits per heavy atom. The van der Waals surface area contributed by atoms with E-state index in [2.05, 4.69) is 17.0 Å². The molecule has 0 bridgehead atoms. The second kappa shape index (κ2) is 8.08. The summed E-state index contributed by atoms with van der Waals surface area (Å²) in [6.45, 7) is 3.85. The van der Waals surface area contributed by atoms with Gasteiger partial charge in [-0.05, 0) is 43.6 Å². The first-order chi connectivity index (χ1) is 8.84. The van der Waals surface area contributed by atoms with Crippen molar-refractivity contribution in [1.29, 1.82) is 0 Å². The van der Waals surface area contributed by atoms with Crippen molar-refractivity contribution in [3.05, 3.63) is 34.9 Å². The third kappa shape index (κ3) is 5.21. The number of benzene rings is 1.